The van der Waals surface area contributed by atoms with E-state index in [4.69, 9.17) is 0 Å². The number of rotatable bonds is 5. The summed E-state index contributed by atoms with van der Waals surface area (Å²) in [6.45, 7) is 2.74. The first-order valence-corrected chi connectivity index (χ1v) is 10.8. The van der Waals surface area contributed by atoms with Gasteiger partial charge in [0.15, 0.2) is 0 Å². The van der Waals surface area contributed by atoms with Crippen LogP contribution in [0.5, 0.6) is 0 Å². The smallest absolute Gasteiger partial charge is 0.261 e. The van der Waals surface area contributed by atoms with E-state index in [1.54, 1.807) is 12.1 Å². The van der Waals surface area contributed by atoms with Gasteiger partial charge in [0.05, 0.1) is 11.1 Å². The number of carbonyl (C=O) groups is 2. The maximum atomic E-state index is 12.5. The maximum Gasteiger partial charge on any atom is 0.261 e. The van der Waals surface area contributed by atoms with Gasteiger partial charge in [-0.1, -0.05) is 30.3 Å². The van der Waals surface area contributed by atoms with E-state index in [-0.39, 0.29) is 11.8 Å². The molecule has 1 aliphatic carbocycles. The summed E-state index contributed by atoms with van der Waals surface area (Å²) in [5.74, 6) is 2.09. The van der Waals surface area contributed by atoms with E-state index in [2.05, 4.69) is 31.2 Å². The zero-order valence-electron chi connectivity index (χ0n) is 15.7. The molecule has 0 aromatic heterocycles. The average molecular weight is 380 g/mol. The van der Waals surface area contributed by atoms with Crippen LogP contribution in [0.15, 0.2) is 53.4 Å². The number of hydrogen-bond donors (Lipinski definition) is 0. The van der Waals surface area contributed by atoms with Crippen molar-refractivity contribution in [1.82, 2.24) is 4.90 Å². The van der Waals surface area contributed by atoms with E-state index >= 15 is 0 Å². The van der Waals surface area contributed by atoms with E-state index in [0.29, 0.717) is 23.6 Å². The van der Waals surface area contributed by atoms with Crippen LogP contribution in [0, 0.1) is 18.8 Å². The van der Waals surface area contributed by atoms with E-state index in [9.17, 15) is 9.59 Å². The van der Waals surface area contributed by atoms with Gasteiger partial charge in [-0.25, -0.2) is 0 Å². The first-order valence-electron chi connectivity index (χ1n) is 9.77. The standard InChI is InChI=1S/C23H25NO2S/c1-16-6-2-5-9-21(16)27-15-18-12-10-17(11-13-18)14-24-22(25)19-7-3-4-8-20(19)23(24)26/h2-9,17-18H,10-15H2,1H3. The number of nitrogens with zero attached hydrogens (tertiary/aromatic N) is 1. The van der Waals surface area contributed by atoms with Gasteiger partial charge in [-0.3, -0.25) is 14.5 Å². The fourth-order valence-electron chi connectivity index (χ4n) is 4.17. The third kappa shape index (κ3) is 3.81. The van der Waals surface area contributed by atoms with Crippen molar-refractivity contribution in [3.8, 4) is 0 Å². The molecule has 1 heterocycles. The summed E-state index contributed by atoms with van der Waals surface area (Å²) in [6.07, 6.45) is 4.58. The zero-order chi connectivity index (χ0) is 18.8. The van der Waals surface area contributed by atoms with Crippen LogP contribution >= 0.6 is 11.8 Å². The van der Waals surface area contributed by atoms with Crippen LogP contribution in [0.3, 0.4) is 0 Å². The number of fused-ring (bicyclic) bond motifs is 1. The zero-order valence-corrected chi connectivity index (χ0v) is 16.5. The van der Waals surface area contributed by atoms with Gasteiger partial charge in [-0.15, -0.1) is 11.8 Å². The summed E-state index contributed by atoms with van der Waals surface area (Å²) >= 11 is 1.96. The first kappa shape index (κ1) is 18.3. The predicted molar refractivity (Wildman–Crippen MR) is 109 cm³/mol. The highest BCUT2D eigenvalue weighted by atomic mass is 32.2. The highest BCUT2D eigenvalue weighted by molar-refractivity contribution is 7.99. The molecule has 0 bridgehead atoms. The number of imide groups is 1. The van der Waals surface area contributed by atoms with Crippen molar-refractivity contribution in [3.05, 3.63) is 65.2 Å². The number of amides is 2. The summed E-state index contributed by atoms with van der Waals surface area (Å²) in [4.78, 5) is 27.9. The largest absolute Gasteiger partial charge is 0.274 e. The molecule has 27 heavy (non-hydrogen) atoms. The Labute approximate surface area is 165 Å². The molecule has 0 saturated heterocycles. The number of aryl methyl sites for hydroxylation is 1. The van der Waals surface area contributed by atoms with Crippen LogP contribution in [-0.4, -0.2) is 29.0 Å². The Morgan fingerprint density at radius 1 is 0.852 bits per heavy atom. The van der Waals surface area contributed by atoms with Gasteiger partial charge < -0.3 is 0 Å². The molecule has 2 aliphatic rings. The van der Waals surface area contributed by atoms with Gasteiger partial charge in [-0.2, -0.15) is 0 Å². The lowest BCUT2D eigenvalue weighted by atomic mass is 9.82. The van der Waals surface area contributed by atoms with Crippen molar-refractivity contribution in [2.75, 3.05) is 12.3 Å². The van der Waals surface area contributed by atoms with E-state index in [1.165, 1.54) is 28.2 Å². The van der Waals surface area contributed by atoms with E-state index < -0.39 is 0 Å². The fourth-order valence-corrected chi connectivity index (χ4v) is 5.39. The Hall–Kier alpha value is -2.07. The number of hydrogen-bond acceptors (Lipinski definition) is 3. The molecule has 1 saturated carbocycles. The van der Waals surface area contributed by atoms with Crippen LogP contribution in [0.25, 0.3) is 0 Å². The van der Waals surface area contributed by atoms with Gasteiger partial charge in [0.2, 0.25) is 0 Å². The summed E-state index contributed by atoms with van der Waals surface area (Å²) in [6, 6.07) is 15.7. The summed E-state index contributed by atoms with van der Waals surface area (Å²) in [5.41, 5.74) is 2.47. The van der Waals surface area contributed by atoms with Crippen molar-refractivity contribution in [3.63, 3.8) is 0 Å². The number of thioether (sulfide) groups is 1. The molecule has 140 valence electrons. The lowest BCUT2D eigenvalue weighted by Gasteiger charge is -2.30. The van der Waals surface area contributed by atoms with Crippen LogP contribution in [0.1, 0.15) is 52.0 Å². The van der Waals surface area contributed by atoms with E-state index in [0.717, 1.165) is 24.5 Å². The van der Waals surface area contributed by atoms with Gasteiger partial charge in [-0.05, 0) is 68.2 Å². The molecule has 4 rings (SSSR count). The van der Waals surface area contributed by atoms with Crippen molar-refractivity contribution in [1.29, 1.82) is 0 Å². The Morgan fingerprint density at radius 3 is 2.04 bits per heavy atom. The maximum absolute atomic E-state index is 12.5. The molecular weight excluding hydrogens is 354 g/mol. The van der Waals surface area contributed by atoms with E-state index in [1.807, 2.05) is 23.9 Å². The first-order chi connectivity index (χ1) is 13.1. The van der Waals surface area contributed by atoms with Gasteiger partial charge in [0.25, 0.3) is 11.8 Å². The Kier molecular flexibility index (Phi) is 5.35. The van der Waals surface area contributed by atoms with Crippen molar-refractivity contribution in [2.45, 2.75) is 37.5 Å². The van der Waals surface area contributed by atoms with Crippen molar-refractivity contribution in [2.24, 2.45) is 11.8 Å². The lowest BCUT2D eigenvalue weighted by Crippen LogP contribution is -2.36. The Balaban J connectivity index is 1.28. The van der Waals surface area contributed by atoms with Crippen LogP contribution in [0.4, 0.5) is 0 Å². The molecular formula is C23H25NO2S. The molecule has 0 N–H and O–H groups in total. The molecule has 1 aliphatic heterocycles. The van der Waals surface area contributed by atoms with Gasteiger partial charge in [0, 0.05) is 17.2 Å². The third-order valence-corrected chi connectivity index (χ3v) is 7.26. The molecule has 2 aromatic rings. The molecule has 4 heteroatoms. The molecule has 0 atom stereocenters. The summed E-state index contributed by atoms with van der Waals surface area (Å²) in [5, 5.41) is 0. The van der Waals surface area contributed by atoms with Crippen LogP contribution < -0.4 is 0 Å². The van der Waals surface area contributed by atoms with Gasteiger partial charge >= 0.3 is 0 Å². The van der Waals surface area contributed by atoms with Crippen LogP contribution in [0.2, 0.25) is 0 Å². The molecule has 0 radical (unpaired) electrons. The molecule has 0 spiro atoms. The molecule has 1 fully saturated rings. The van der Waals surface area contributed by atoms with Crippen molar-refractivity contribution >= 4 is 23.6 Å². The molecule has 3 nitrogen and oxygen atoms in total. The summed E-state index contributed by atoms with van der Waals surface area (Å²) < 4.78 is 0. The minimum absolute atomic E-state index is 0.118. The second-order valence-electron chi connectivity index (χ2n) is 7.73. The average Bonchev–Trinajstić information content (AvgIpc) is 2.94. The topological polar surface area (TPSA) is 37.4 Å². The normalized spacial score (nSPS) is 22.2. The van der Waals surface area contributed by atoms with Crippen molar-refractivity contribution < 1.29 is 9.59 Å². The second kappa shape index (κ2) is 7.89. The second-order valence-corrected chi connectivity index (χ2v) is 8.79. The summed E-state index contributed by atoms with van der Waals surface area (Å²) in [7, 11) is 0. The highest BCUT2D eigenvalue weighted by Crippen LogP contribution is 2.35. The van der Waals surface area contributed by atoms with Gasteiger partial charge in [0.1, 0.15) is 0 Å². The lowest BCUT2D eigenvalue weighted by molar-refractivity contribution is 0.0612. The van der Waals surface area contributed by atoms with Crippen LogP contribution in [-0.2, 0) is 0 Å². The number of carbonyl (C=O) groups excluding carboxylic acids is 2. The minimum atomic E-state index is -0.118. The molecule has 0 unspecified atom stereocenters. The predicted octanol–water partition coefficient (Wildman–Crippen LogP) is 5.19. The monoisotopic (exact) mass is 379 g/mol. The third-order valence-electron chi connectivity index (χ3n) is 5.85. The minimum Gasteiger partial charge on any atom is -0.274 e. The molecule has 2 aromatic carbocycles. The Morgan fingerprint density at radius 2 is 1.41 bits per heavy atom. The Bertz CT molecular complexity index is 820. The SMILES string of the molecule is Cc1ccccc1SCC1CCC(CN2C(=O)c3ccccc3C2=O)CC1. The number of benzene rings is 2. The molecule has 2 amide bonds. The fraction of sp³-hybridized carbons (Fsp3) is 0.391. The quantitative estimate of drug-likeness (QED) is 0.530. The highest BCUT2D eigenvalue weighted by Gasteiger charge is 2.36.